The van der Waals surface area contributed by atoms with Crippen molar-refractivity contribution in [3.63, 3.8) is 0 Å². The molecule has 0 bridgehead atoms. The molecule has 6 nitrogen and oxygen atoms in total. The Kier molecular flexibility index (Phi) is 7.41. The molecule has 21 heavy (non-hydrogen) atoms. The fourth-order valence-corrected chi connectivity index (χ4v) is 3.27. The van der Waals surface area contributed by atoms with Gasteiger partial charge in [0.2, 0.25) is 10.0 Å². The maximum atomic E-state index is 12.2. The van der Waals surface area contributed by atoms with Crippen LogP contribution in [0.4, 0.5) is 0 Å². The van der Waals surface area contributed by atoms with Crippen molar-refractivity contribution in [2.24, 2.45) is 0 Å². The summed E-state index contributed by atoms with van der Waals surface area (Å²) in [4.78, 5) is 0.253. The van der Waals surface area contributed by atoms with Crippen molar-refractivity contribution in [2.75, 3.05) is 33.4 Å². The predicted octanol–water partition coefficient (Wildman–Crippen LogP) is 0.774. The molecule has 1 unspecified atom stereocenters. The highest BCUT2D eigenvalue weighted by Crippen LogP contribution is 2.16. The van der Waals surface area contributed by atoms with Crippen molar-refractivity contribution in [1.82, 2.24) is 10.0 Å². The molecule has 1 heterocycles. The average Bonchev–Trinajstić information content (AvgIpc) is 2.92. The average molecular weight is 337 g/mol. The van der Waals surface area contributed by atoms with Gasteiger partial charge in [0.15, 0.2) is 0 Å². The molecule has 0 spiro atoms. The van der Waals surface area contributed by atoms with E-state index in [9.17, 15) is 8.42 Å². The highest BCUT2D eigenvalue weighted by atomic mass is 35.5. The first kappa shape index (κ1) is 18.2. The first-order chi connectivity index (χ1) is 9.62. The van der Waals surface area contributed by atoms with Crippen LogP contribution >= 0.6 is 12.4 Å². The SMILES string of the molecule is COCCOc1ccc(S(=O)(=O)NC2CCNC2)cc1.Cl. The molecule has 1 fully saturated rings. The van der Waals surface area contributed by atoms with Crippen LogP contribution in [-0.4, -0.2) is 47.9 Å². The Hall–Kier alpha value is -0.860. The number of benzene rings is 1. The second-order valence-electron chi connectivity index (χ2n) is 4.62. The molecule has 1 saturated heterocycles. The number of methoxy groups -OCH3 is 1. The van der Waals surface area contributed by atoms with Crippen LogP contribution in [0, 0.1) is 0 Å². The molecule has 0 radical (unpaired) electrons. The number of hydrogen-bond donors (Lipinski definition) is 2. The van der Waals surface area contributed by atoms with Gasteiger partial charge in [-0.25, -0.2) is 13.1 Å². The number of rotatable bonds is 7. The zero-order valence-electron chi connectivity index (χ0n) is 11.9. The van der Waals surface area contributed by atoms with Crippen LogP contribution in [0.3, 0.4) is 0 Å². The molecule has 2 rings (SSSR count). The van der Waals surface area contributed by atoms with Crippen LogP contribution in [0.15, 0.2) is 29.2 Å². The molecule has 0 amide bonds. The molecule has 120 valence electrons. The first-order valence-electron chi connectivity index (χ1n) is 6.56. The molecular formula is C13H21ClN2O4S. The summed E-state index contributed by atoms with van der Waals surface area (Å²) in [5, 5.41) is 3.13. The van der Waals surface area contributed by atoms with Gasteiger partial charge < -0.3 is 14.8 Å². The van der Waals surface area contributed by atoms with Crippen LogP contribution in [0.1, 0.15) is 6.42 Å². The van der Waals surface area contributed by atoms with Gasteiger partial charge in [0, 0.05) is 19.7 Å². The van der Waals surface area contributed by atoms with Crippen LogP contribution in [-0.2, 0) is 14.8 Å². The number of hydrogen-bond acceptors (Lipinski definition) is 5. The van der Waals surface area contributed by atoms with E-state index in [2.05, 4.69) is 10.0 Å². The number of ether oxygens (including phenoxy) is 2. The van der Waals surface area contributed by atoms with Crippen molar-refractivity contribution in [3.05, 3.63) is 24.3 Å². The Morgan fingerprint density at radius 1 is 1.29 bits per heavy atom. The summed E-state index contributed by atoms with van der Waals surface area (Å²) in [6.07, 6.45) is 0.817. The van der Waals surface area contributed by atoms with E-state index in [0.29, 0.717) is 25.5 Å². The Morgan fingerprint density at radius 3 is 2.57 bits per heavy atom. The molecule has 1 atom stereocenters. The van der Waals surface area contributed by atoms with Gasteiger partial charge >= 0.3 is 0 Å². The summed E-state index contributed by atoms with van der Waals surface area (Å²) >= 11 is 0. The Morgan fingerprint density at radius 2 is 2.00 bits per heavy atom. The smallest absolute Gasteiger partial charge is 0.240 e. The fraction of sp³-hybridized carbons (Fsp3) is 0.538. The van der Waals surface area contributed by atoms with Crippen molar-refractivity contribution < 1.29 is 17.9 Å². The third kappa shape index (κ3) is 5.44. The molecule has 8 heteroatoms. The zero-order chi connectivity index (χ0) is 14.4. The maximum Gasteiger partial charge on any atom is 0.240 e. The lowest BCUT2D eigenvalue weighted by molar-refractivity contribution is 0.146. The van der Waals surface area contributed by atoms with E-state index in [1.165, 1.54) is 0 Å². The molecule has 1 aromatic rings. The van der Waals surface area contributed by atoms with Crippen LogP contribution < -0.4 is 14.8 Å². The van der Waals surface area contributed by atoms with Gasteiger partial charge in [0.1, 0.15) is 12.4 Å². The molecule has 1 aliphatic heterocycles. The van der Waals surface area contributed by atoms with Crippen LogP contribution in [0.2, 0.25) is 0 Å². The summed E-state index contributed by atoms with van der Waals surface area (Å²) in [7, 11) is -1.86. The minimum absolute atomic E-state index is 0. The quantitative estimate of drug-likeness (QED) is 0.719. The summed E-state index contributed by atoms with van der Waals surface area (Å²) in [6.45, 7) is 2.46. The fourth-order valence-electron chi connectivity index (χ4n) is 2.00. The van der Waals surface area contributed by atoms with E-state index < -0.39 is 10.0 Å². The third-order valence-electron chi connectivity index (χ3n) is 3.07. The molecule has 2 N–H and O–H groups in total. The second kappa shape index (κ2) is 8.55. The zero-order valence-corrected chi connectivity index (χ0v) is 13.5. The normalized spacial score (nSPS) is 18.2. The van der Waals surface area contributed by atoms with Gasteiger partial charge in [-0.2, -0.15) is 0 Å². The lowest BCUT2D eigenvalue weighted by Crippen LogP contribution is -2.36. The third-order valence-corrected chi connectivity index (χ3v) is 4.61. The van der Waals surface area contributed by atoms with Crippen LogP contribution in [0.25, 0.3) is 0 Å². The predicted molar refractivity (Wildman–Crippen MR) is 82.7 cm³/mol. The molecular weight excluding hydrogens is 316 g/mol. The standard InChI is InChI=1S/C13H20N2O4S.ClH/c1-18-8-9-19-12-2-4-13(5-3-12)20(16,17)15-11-6-7-14-10-11;/h2-5,11,14-15H,6-10H2,1H3;1H. The summed E-state index contributed by atoms with van der Waals surface area (Å²) in [6, 6.07) is 6.37. The Labute approximate surface area is 131 Å². The Bertz CT molecular complexity index is 515. The van der Waals surface area contributed by atoms with E-state index in [4.69, 9.17) is 9.47 Å². The molecule has 1 aliphatic rings. The van der Waals surface area contributed by atoms with Crippen molar-refractivity contribution in [3.8, 4) is 5.75 Å². The highest BCUT2D eigenvalue weighted by Gasteiger charge is 2.22. The van der Waals surface area contributed by atoms with Gasteiger partial charge in [0.25, 0.3) is 0 Å². The lowest BCUT2D eigenvalue weighted by atomic mass is 10.3. The van der Waals surface area contributed by atoms with Crippen molar-refractivity contribution >= 4 is 22.4 Å². The summed E-state index contributed by atoms with van der Waals surface area (Å²) in [5.41, 5.74) is 0. The van der Waals surface area contributed by atoms with Crippen LogP contribution in [0.5, 0.6) is 5.75 Å². The largest absolute Gasteiger partial charge is 0.491 e. The van der Waals surface area contributed by atoms with E-state index in [1.807, 2.05) is 0 Å². The maximum absolute atomic E-state index is 12.2. The highest BCUT2D eigenvalue weighted by molar-refractivity contribution is 7.89. The minimum Gasteiger partial charge on any atom is -0.491 e. The van der Waals surface area contributed by atoms with Crippen molar-refractivity contribution in [2.45, 2.75) is 17.4 Å². The topological polar surface area (TPSA) is 76.7 Å². The monoisotopic (exact) mass is 336 g/mol. The van der Waals surface area contributed by atoms with Gasteiger partial charge in [-0.1, -0.05) is 0 Å². The van der Waals surface area contributed by atoms with Gasteiger partial charge in [-0.15, -0.1) is 12.4 Å². The van der Waals surface area contributed by atoms with E-state index in [1.54, 1.807) is 31.4 Å². The van der Waals surface area contributed by atoms with E-state index in [-0.39, 0.29) is 23.3 Å². The van der Waals surface area contributed by atoms with E-state index >= 15 is 0 Å². The lowest BCUT2D eigenvalue weighted by Gasteiger charge is -2.12. The number of halogens is 1. The minimum atomic E-state index is -3.46. The number of nitrogens with one attached hydrogen (secondary N) is 2. The Balaban J connectivity index is 0.00000220. The summed E-state index contributed by atoms with van der Waals surface area (Å²) < 4.78 is 37.3. The van der Waals surface area contributed by atoms with Crippen molar-refractivity contribution in [1.29, 1.82) is 0 Å². The molecule has 0 aliphatic carbocycles. The molecule has 0 saturated carbocycles. The molecule has 0 aromatic heterocycles. The number of sulfonamides is 1. The summed E-state index contributed by atoms with van der Waals surface area (Å²) in [5.74, 6) is 0.628. The molecule has 1 aromatic carbocycles. The first-order valence-corrected chi connectivity index (χ1v) is 8.05. The van der Waals surface area contributed by atoms with Gasteiger partial charge in [0.05, 0.1) is 11.5 Å². The van der Waals surface area contributed by atoms with Gasteiger partial charge in [-0.05, 0) is 37.2 Å². The second-order valence-corrected chi connectivity index (χ2v) is 6.34. The van der Waals surface area contributed by atoms with E-state index in [0.717, 1.165) is 13.0 Å². The van der Waals surface area contributed by atoms with Gasteiger partial charge in [-0.3, -0.25) is 0 Å².